The van der Waals surface area contributed by atoms with E-state index >= 15 is 0 Å². The molecule has 1 aromatic rings. The van der Waals surface area contributed by atoms with Gasteiger partial charge in [-0.2, -0.15) is 0 Å². The number of nitrogens with zero attached hydrogens (tertiary/aromatic N) is 2. The summed E-state index contributed by atoms with van der Waals surface area (Å²) >= 11 is 0. The molecule has 70 valence electrons. The number of amides is 1. The van der Waals surface area contributed by atoms with E-state index in [2.05, 4.69) is 13.8 Å². The van der Waals surface area contributed by atoms with Crippen molar-refractivity contribution in [3.05, 3.63) is 24.0 Å². The molecular weight excluding hydrogens is 164 g/mol. The molecule has 1 aromatic heterocycles. The molecule has 0 saturated carbocycles. The lowest BCUT2D eigenvalue weighted by atomic mass is 10.2. The van der Waals surface area contributed by atoms with Crippen molar-refractivity contribution in [1.29, 1.82) is 0 Å². The molecule has 0 fully saturated rings. The first-order valence-electron chi connectivity index (χ1n) is 4.66. The van der Waals surface area contributed by atoms with Gasteiger partial charge in [0.25, 0.3) is 5.91 Å². The van der Waals surface area contributed by atoms with Gasteiger partial charge in [0.1, 0.15) is 5.69 Å². The fraction of sp³-hybridized carbons (Fsp3) is 0.500. The Hall–Kier alpha value is -1.25. The Balaban J connectivity index is 2.32. The molecule has 2 heterocycles. The minimum atomic E-state index is 0.159. The van der Waals surface area contributed by atoms with Gasteiger partial charge < -0.3 is 9.47 Å². The quantitative estimate of drug-likeness (QED) is 0.637. The third kappa shape index (κ3) is 1.24. The number of carbonyl (C=O) groups is 1. The molecule has 3 heteroatoms. The lowest BCUT2D eigenvalue weighted by Gasteiger charge is -2.31. The second kappa shape index (κ2) is 2.91. The van der Waals surface area contributed by atoms with Gasteiger partial charge in [0.2, 0.25) is 0 Å². The standard InChI is InChI=1S/C10H14N2O/c1-8(2)12-7-6-11-5-3-4-9(11)10(12)13/h3-5,8H,6-7H2,1-2H3. The van der Waals surface area contributed by atoms with E-state index in [0.29, 0.717) is 6.04 Å². The van der Waals surface area contributed by atoms with Crippen LogP contribution in [0.5, 0.6) is 0 Å². The van der Waals surface area contributed by atoms with Crippen LogP contribution < -0.4 is 0 Å². The normalized spacial score (nSPS) is 16.5. The highest BCUT2D eigenvalue weighted by Gasteiger charge is 2.25. The van der Waals surface area contributed by atoms with E-state index < -0.39 is 0 Å². The van der Waals surface area contributed by atoms with Gasteiger partial charge in [0, 0.05) is 25.3 Å². The highest BCUT2D eigenvalue weighted by molar-refractivity contribution is 5.93. The topological polar surface area (TPSA) is 25.2 Å². The molecule has 3 nitrogen and oxygen atoms in total. The first kappa shape index (κ1) is 8.35. The van der Waals surface area contributed by atoms with Crippen LogP contribution in [0.2, 0.25) is 0 Å². The molecule has 0 radical (unpaired) electrons. The maximum atomic E-state index is 11.8. The van der Waals surface area contributed by atoms with Crippen LogP contribution in [0.25, 0.3) is 0 Å². The summed E-state index contributed by atoms with van der Waals surface area (Å²) in [5.41, 5.74) is 0.819. The average Bonchev–Trinajstić information content (AvgIpc) is 2.52. The Bertz CT molecular complexity index is 327. The van der Waals surface area contributed by atoms with Crippen molar-refractivity contribution in [2.75, 3.05) is 6.54 Å². The third-order valence-electron chi connectivity index (χ3n) is 2.51. The van der Waals surface area contributed by atoms with Crippen LogP contribution in [0.1, 0.15) is 24.3 Å². The molecular formula is C10H14N2O. The molecule has 1 aliphatic heterocycles. The lowest BCUT2D eigenvalue weighted by Crippen LogP contribution is -2.43. The van der Waals surface area contributed by atoms with Gasteiger partial charge in [-0.05, 0) is 26.0 Å². The minimum Gasteiger partial charge on any atom is -0.342 e. The van der Waals surface area contributed by atoms with Crippen molar-refractivity contribution in [3.63, 3.8) is 0 Å². The number of hydrogen-bond donors (Lipinski definition) is 0. The minimum absolute atomic E-state index is 0.159. The second-order valence-electron chi connectivity index (χ2n) is 3.68. The molecule has 0 bridgehead atoms. The molecule has 1 aliphatic rings. The highest BCUT2D eigenvalue weighted by Crippen LogP contribution is 2.14. The average molecular weight is 178 g/mol. The zero-order valence-corrected chi connectivity index (χ0v) is 8.03. The van der Waals surface area contributed by atoms with Crippen molar-refractivity contribution in [3.8, 4) is 0 Å². The van der Waals surface area contributed by atoms with Gasteiger partial charge >= 0.3 is 0 Å². The van der Waals surface area contributed by atoms with Crippen LogP contribution in [-0.2, 0) is 6.54 Å². The van der Waals surface area contributed by atoms with Crippen LogP contribution in [0.3, 0.4) is 0 Å². The molecule has 0 spiro atoms. The molecule has 0 N–H and O–H groups in total. The van der Waals surface area contributed by atoms with Crippen LogP contribution in [0, 0.1) is 0 Å². The molecule has 0 atom stereocenters. The van der Waals surface area contributed by atoms with Crippen LogP contribution in [0.15, 0.2) is 18.3 Å². The van der Waals surface area contributed by atoms with Gasteiger partial charge in [-0.3, -0.25) is 4.79 Å². The molecule has 0 aromatic carbocycles. The predicted octanol–water partition coefficient (Wildman–Crippen LogP) is 1.35. The largest absolute Gasteiger partial charge is 0.342 e. The van der Waals surface area contributed by atoms with E-state index in [1.54, 1.807) is 0 Å². The summed E-state index contributed by atoms with van der Waals surface area (Å²) in [4.78, 5) is 13.7. The van der Waals surface area contributed by atoms with E-state index in [-0.39, 0.29) is 5.91 Å². The summed E-state index contributed by atoms with van der Waals surface area (Å²) in [6, 6.07) is 4.12. The summed E-state index contributed by atoms with van der Waals surface area (Å²) in [6.45, 7) is 5.86. The van der Waals surface area contributed by atoms with Crippen molar-refractivity contribution < 1.29 is 4.79 Å². The summed E-state index contributed by atoms with van der Waals surface area (Å²) in [7, 11) is 0. The van der Waals surface area contributed by atoms with E-state index in [4.69, 9.17) is 0 Å². The van der Waals surface area contributed by atoms with E-state index in [1.807, 2.05) is 27.8 Å². The Morgan fingerprint density at radius 3 is 2.85 bits per heavy atom. The van der Waals surface area contributed by atoms with Gasteiger partial charge in [0.05, 0.1) is 0 Å². The van der Waals surface area contributed by atoms with Crippen molar-refractivity contribution in [2.24, 2.45) is 0 Å². The fourth-order valence-corrected chi connectivity index (χ4v) is 1.76. The van der Waals surface area contributed by atoms with Crippen molar-refractivity contribution >= 4 is 5.91 Å². The van der Waals surface area contributed by atoms with E-state index in [1.165, 1.54) is 0 Å². The Morgan fingerprint density at radius 2 is 2.15 bits per heavy atom. The predicted molar refractivity (Wildman–Crippen MR) is 50.6 cm³/mol. The van der Waals surface area contributed by atoms with Gasteiger partial charge in [-0.25, -0.2) is 0 Å². The first-order chi connectivity index (χ1) is 6.20. The van der Waals surface area contributed by atoms with Crippen LogP contribution in [-0.4, -0.2) is 28.0 Å². The molecule has 0 unspecified atom stereocenters. The maximum absolute atomic E-state index is 11.8. The summed E-state index contributed by atoms with van der Waals surface area (Å²) < 4.78 is 2.02. The summed E-state index contributed by atoms with van der Waals surface area (Å²) in [5, 5.41) is 0. The summed E-state index contributed by atoms with van der Waals surface area (Å²) in [5.74, 6) is 0.159. The maximum Gasteiger partial charge on any atom is 0.270 e. The smallest absolute Gasteiger partial charge is 0.270 e. The number of hydrogen-bond acceptors (Lipinski definition) is 1. The molecule has 0 saturated heterocycles. The second-order valence-corrected chi connectivity index (χ2v) is 3.68. The molecule has 2 rings (SSSR count). The number of rotatable bonds is 1. The number of aromatic nitrogens is 1. The summed E-state index contributed by atoms with van der Waals surface area (Å²) in [6.07, 6.45) is 1.96. The van der Waals surface area contributed by atoms with Gasteiger partial charge in [-0.15, -0.1) is 0 Å². The molecule has 13 heavy (non-hydrogen) atoms. The molecule has 1 amide bonds. The lowest BCUT2D eigenvalue weighted by molar-refractivity contribution is 0.0649. The SMILES string of the molecule is CC(C)N1CCn2cccc2C1=O. The van der Waals surface area contributed by atoms with Crippen LogP contribution in [0.4, 0.5) is 0 Å². The number of fused-ring (bicyclic) bond motifs is 1. The van der Waals surface area contributed by atoms with Crippen LogP contribution >= 0.6 is 0 Å². The van der Waals surface area contributed by atoms with E-state index in [9.17, 15) is 4.79 Å². The Labute approximate surface area is 78.0 Å². The van der Waals surface area contributed by atoms with Crippen molar-refractivity contribution in [2.45, 2.75) is 26.4 Å². The molecule has 0 aliphatic carbocycles. The zero-order valence-electron chi connectivity index (χ0n) is 8.03. The van der Waals surface area contributed by atoms with E-state index in [0.717, 1.165) is 18.8 Å². The highest BCUT2D eigenvalue weighted by atomic mass is 16.2. The van der Waals surface area contributed by atoms with Gasteiger partial charge in [0.15, 0.2) is 0 Å². The Morgan fingerprint density at radius 1 is 1.38 bits per heavy atom. The first-order valence-corrected chi connectivity index (χ1v) is 4.66. The third-order valence-corrected chi connectivity index (χ3v) is 2.51. The van der Waals surface area contributed by atoms with Crippen molar-refractivity contribution in [1.82, 2.24) is 9.47 Å². The number of carbonyl (C=O) groups excluding carboxylic acids is 1. The monoisotopic (exact) mass is 178 g/mol. The Kier molecular flexibility index (Phi) is 1.87. The fourth-order valence-electron chi connectivity index (χ4n) is 1.76. The zero-order chi connectivity index (χ0) is 9.42. The van der Waals surface area contributed by atoms with Gasteiger partial charge in [-0.1, -0.05) is 0 Å².